The summed E-state index contributed by atoms with van der Waals surface area (Å²) in [5.41, 5.74) is 6.38. The number of nitriles is 1. The summed E-state index contributed by atoms with van der Waals surface area (Å²) in [4.78, 5) is 25.9. The van der Waals surface area contributed by atoms with Crippen LogP contribution in [0.5, 0.6) is 5.75 Å². The Hall–Kier alpha value is -4.73. The van der Waals surface area contributed by atoms with Crippen molar-refractivity contribution in [3.8, 4) is 23.1 Å². The predicted octanol–water partition coefficient (Wildman–Crippen LogP) is 4.51. The number of nitrogens with two attached hydrogens (primary N) is 1. The van der Waals surface area contributed by atoms with E-state index in [0.717, 1.165) is 15.6 Å². The number of amides is 2. The highest BCUT2D eigenvalue weighted by Crippen LogP contribution is 2.40. The first kappa shape index (κ1) is 29.3. The Morgan fingerprint density at radius 3 is 2.51 bits per heavy atom. The maximum absolute atomic E-state index is 15.0. The van der Waals surface area contributed by atoms with Crippen LogP contribution >= 0.6 is 0 Å². The van der Waals surface area contributed by atoms with Crippen molar-refractivity contribution in [1.29, 1.82) is 5.26 Å². The molecule has 1 saturated heterocycles. The molecule has 0 bridgehead atoms. The summed E-state index contributed by atoms with van der Waals surface area (Å²) in [5.74, 6) is -4.54. The third-order valence-electron chi connectivity index (χ3n) is 6.38. The van der Waals surface area contributed by atoms with Crippen molar-refractivity contribution in [1.82, 2.24) is 20.0 Å². The van der Waals surface area contributed by atoms with Gasteiger partial charge in [0.1, 0.15) is 46.4 Å². The Balaban J connectivity index is 1.53. The molecule has 1 aliphatic heterocycles. The van der Waals surface area contributed by atoms with Crippen molar-refractivity contribution in [3.63, 3.8) is 0 Å². The Morgan fingerprint density at radius 1 is 1.22 bits per heavy atom. The maximum Gasteiger partial charge on any atom is 0.410 e. The molecule has 0 radical (unpaired) electrons. The molecule has 1 aliphatic rings. The zero-order valence-electron chi connectivity index (χ0n) is 22.9. The molecule has 0 aliphatic carbocycles. The first-order valence-electron chi connectivity index (χ1n) is 12.6. The molecule has 1 aromatic heterocycles. The van der Waals surface area contributed by atoms with E-state index in [-0.39, 0.29) is 34.9 Å². The third-order valence-corrected chi connectivity index (χ3v) is 6.38. The Morgan fingerprint density at radius 2 is 1.90 bits per heavy atom. The highest BCUT2D eigenvalue weighted by molar-refractivity contribution is 5.96. The molecule has 1 fully saturated rings. The molecule has 2 heterocycles. The predicted molar refractivity (Wildman–Crippen MR) is 143 cm³/mol. The number of nitrogen functional groups attached to an aromatic ring is 1. The molecule has 4 rings (SSSR count). The maximum atomic E-state index is 15.0. The number of carbonyl (C=O) groups is 2. The molecule has 2 aromatic carbocycles. The Labute approximate surface area is 234 Å². The first-order valence-corrected chi connectivity index (χ1v) is 12.6. The number of aromatic nitrogens is 2. The quantitative estimate of drug-likeness (QED) is 0.445. The second-order valence-electron chi connectivity index (χ2n) is 10.5. The summed E-state index contributed by atoms with van der Waals surface area (Å²) in [6.07, 6.45) is -0.885. The van der Waals surface area contributed by atoms with Gasteiger partial charge in [0.25, 0.3) is 11.8 Å². The topological polar surface area (TPSA) is 136 Å². The number of nitrogens with zero attached hydrogens (tertiary/aromatic N) is 4. The summed E-state index contributed by atoms with van der Waals surface area (Å²) >= 11 is 0. The molecule has 41 heavy (non-hydrogen) atoms. The van der Waals surface area contributed by atoms with E-state index in [9.17, 15) is 19.2 Å². The van der Waals surface area contributed by atoms with Gasteiger partial charge in [0.05, 0.1) is 25.8 Å². The molecule has 0 spiro atoms. The highest BCUT2D eigenvalue weighted by atomic mass is 19.3. The fourth-order valence-electron chi connectivity index (χ4n) is 4.40. The van der Waals surface area contributed by atoms with Gasteiger partial charge in [0, 0.05) is 12.1 Å². The van der Waals surface area contributed by atoms with E-state index in [4.69, 9.17) is 15.2 Å². The van der Waals surface area contributed by atoms with Crippen LogP contribution < -0.4 is 15.8 Å². The minimum Gasteiger partial charge on any atom is -0.496 e. The molecule has 1 atom stereocenters. The van der Waals surface area contributed by atoms with Crippen molar-refractivity contribution in [2.75, 3.05) is 25.9 Å². The van der Waals surface area contributed by atoms with E-state index in [2.05, 4.69) is 10.4 Å². The molecule has 10 nitrogen and oxygen atoms in total. The van der Waals surface area contributed by atoms with Crippen molar-refractivity contribution < 1.29 is 32.2 Å². The van der Waals surface area contributed by atoms with Crippen LogP contribution in [0.25, 0.3) is 11.3 Å². The van der Waals surface area contributed by atoms with Gasteiger partial charge in [0.2, 0.25) is 0 Å². The number of halogens is 3. The van der Waals surface area contributed by atoms with Crippen molar-refractivity contribution in [2.24, 2.45) is 0 Å². The van der Waals surface area contributed by atoms with E-state index in [1.807, 2.05) is 6.07 Å². The van der Waals surface area contributed by atoms with Gasteiger partial charge in [-0.2, -0.15) is 10.4 Å². The van der Waals surface area contributed by atoms with E-state index >= 15 is 8.78 Å². The molecule has 1 unspecified atom stereocenters. The van der Waals surface area contributed by atoms with Gasteiger partial charge in [-0.3, -0.25) is 9.69 Å². The van der Waals surface area contributed by atoms with Crippen molar-refractivity contribution in [2.45, 2.75) is 44.9 Å². The minimum atomic E-state index is -3.38. The average molecular weight is 571 g/mol. The van der Waals surface area contributed by atoms with Crippen LogP contribution in [0, 0.1) is 17.1 Å². The van der Waals surface area contributed by atoms with Gasteiger partial charge < -0.3 is 20.5 Å². The lowest BCUT2D eigenvalue weighted by Crippen LogP contribution is -2.36. The second-order valence-corrected chi connectivity index (χ2v) is 10.5. The molecule has 3 aromatic rings. The molecular formula is C28H29F3N6O4. The number of hydrogen-bond donors (Lipinski definition) is 2. The van der Waals surface area contributed by atoms with Gasteiger partial charge >= 0.3 is 6.09 Å². The number of nitrogens with one attached hydrogen (secondary N) is 1. The summed E-state index contributed by atoms with van der Waals surface area (Å²) in [6.45, 7) is 3.70. The summed E-state index contributed by atoms with van der Waals surface area (Å²) in [6, 6.07) is 10.5. The normalized spacial score (nSPS) is 16.2. The van der Waals surface area contributed by atoms with Crippen LogP contribution in [0.1, 0.15) is 48.3 Å². The number of benzene rings is 2. The van der Waals surface area contributed by atoms with Crippen LogP contribution in [0.15, 0.2) is 42.5 Å². The average Bonchev–Trinajstić information content (AvgIpc) is 3.41. The van der Waals surface area contributed by atoms with Gasteiger partial charge in [-0.25, -0.2) is 22.6 Å². The molecular weight excluding hydrogens is 541 g/mol. The fraction of sp³-hybridized carbons (Fsp3) is 0.357. The summed E-state index contributed by atoms with van der Waals surface area (Å²) < 4.78 is 54.9. The van der Waals surface area contributed by atoms with Crippen LogP contribution in [-0.2, 0) is 11.3 Å². The fourth-order valence-corrected chi connectivity index (χ4v) is 4.40. The molecule has 3 N–H and O–H groups in total. The van der Waals surface area contributed by atoms with Crippen LogP contribution in [-0.4, -0.2) is 58.4 Å². The number of methoxy groups -OCH3 is 1. The van der Waals surface area contributed by atoms with Crippen molar-refractivity contribution >= 4 is 17.8 Å². The van der Waals surface area contributed by atoms with Gasteiger partial charge in [-0.05, 0) is 44.5 Å². The zero-order valence-corrected chi connectivity index (χ0v) is 22.9. The summed E-state index contributed by atoms with van der Waals surface area (Å²) in [5, 5.41) is 16.7. The standard InChI is InChI=1S/C28H29F3N6O4/c1-27(2,3)41-26(39)36-14-22(28(30,31)15-36)37-24(33)20(12-32)23(35-37)17-7-5-16(6-8-17)13-34-25(38)19-11-18(29)9-10-21(19)40-4/h5-11,22H,13-15,33H2,1-4H3,(H,34,38). The number of alkyl halides is 2. The van der Waals surface area contributed by atoms with Crippen molar-refractivity contribution in [3.05, 3.63) is 65.0 Å². The SMILES string of the molecule is COc1ccc(F)cc1C(=O)NCc1ccc(-c2nn(C3CN(C(=O)OC(C)(C)C)CC3(F)F)c(N)c2C#N)cc1. The summed E-state index contributed by atoms with van der Waals surface area (Å²) in [7, 11) is 1.37. The number of rotatable bonds is 6. The van der Waals surface area contributed by atoms with Crippen LogP contribution in [0.2, 0.25) is 0 Å². The Bertz CT molecular complexity index is 1510. The van der Waals surface area contributed by atoms with Gasteiger partial charge in [-0.1, -0.05) is 24.3 Å². The largest absolute Gasteiger partial charge is 0.496 e. The van der Waals surface area contributed by atoms with Gasteiger partial charge in [0.15, 0.2) is 0 Å². The molecule has 13 heteroatoms. The lowest BCUT2D eigenvalue weighted by Gasteiger charge is -2.24. The molecule has 216 valence electrons. The number of likely N-dealkylation sites (tertiary alicyclic amines) is 1. The highest BCUT2D eigenvalue weighted by Gasteiger charge is 2.53. The van der Waals surface area contributed by atoms with E-state index < -0.39 is 48.5 Å². The number of ether oxygens (including phenoxy) is 2. The van der Waals surface area contributed by atoms with Crippen LogP contribution in [0.4, 0.5) is 23.8 Å². The molecule has 0 saturated carbocycles. The lowest BCUT2D eigenvalue weighted by atomic mass is 10.1. The second kappa shape index (κ2) is 11.0. The monoisotopic (exact) mass is 570 g/mol. The van der Waals surface area contributed by atoms with E-state index in [1.54, 1.807) is 45.0 Å². The Kier molecular flexibility index (Phi) is 7.87. The van der Waals surface area contributed by atoms with Gasteiger partial charge in [-0.15, -0.1) is 0 Å². The number of anilines is 1. The smallest absolute Gasteiger partial charge is 0.410 e. The van der Waals surface area contributed by atoms with E-state index in [1.165, 1.54) is 19.2 Å². The number of carbonyl (C=O) groups excluding carboxylic acids is 2. The first-order chi connectivity index (χ1) is 19.2. The van der Waals surface area contributed by atoms with E-state index in [0.29, 0.717) is 11.1 Å². The molecule has 2 amide bonds. The third kappa shape index (κ3) is 6.21. The van der Waals surface area contributed by atoms with Crippen LogP contribution in [0.3, 0.4) is 0 Å². The minimum absolute atomic E-state index is 0.0396. The zero-order chi connectivity index (χ0) is 30.1. The lowest BCUT2D eigenvalue weighted by molar-refractivity contribution is -0.0275. The number of hydrogen-bond acceptors (Lipinski definition) is 7.